The predicted molar refractivity (Wildman–Crippen MR) is 219 cm³/mol. The highest BCUT2D eigenvalue weighted by Gasteiger charge is 2.24. The van der Waals surface area contributed by atoms with Crippen LogP contribution in [0.1, 0.15) is 0 Å². The number of para-hydroxylation sites is 3. The second-order valence-electron chi connectivity index (χ2n) is 12.9. The van der Waals surface area contributed by atoms with Crippen molar-refractivity contribution in [1.29, 1.82) is 0 Å². The van der Waals surface area contributed by atoms with E-state index >= 15 is 0 Å². The number of anilines is 3. The van der Waals surface area contributed by atoms with Crippen molar-refractivity contribution in [3.63, 3.8) is 0 Å². The van der Waals surface area contributed by atoms with E-state index in [2.05, 4.69) is 204 Å². The van der Waals surface area contributed by atoms with E-state index in [1.807, 2.05) is 11.3 Å². The molecule has 0 bridgehead atoms. The molecule has 3 heteroatoms. The predicted octanol–water partition coefficient (Wildman–Crippen LogP) is 14.0. The maximum absolute atomic E-state index is 2.47. The smallest absolute Gasteiger partial charge is 0.0562 e. The molecular weight excluding hydrogens is 637 g/mol. The Labute approximate surface area is 300 Å². The molecule has 0 aliphatic carbocycles. The van der Waals surface area contributed by atoms with Crippen molar-refractivity contribution in [2.24, 2.45) is 0 Å². The third kappa shape index (κ3) is 4.85. The van der Waals surface area contributed by atoms with Gasteiger partial charge in [-0.25, -0.2) is 0 Å². The lowest BCUT2D eigenvalue weighted by atomic mass is 9.95. The molecule has 240 valence electrons. The van der Waals surface area contributed by atoms with Gasteiger partial charge in [0, 0.05) is 53.4 Å². The van der Waals surface area contributed by atoms with Gasteiger partial charge in [-0.05, 0) is 71.8 Å². The molecular formula is C48H32N2S. The zero-order valence-corrected chi connectivity index (χ0v) is 28.6. The summed E-state index contributed by atoms with van der Waals surface area (Å²) < 4.78 is 5.01. The van der Waals surface area contributed by atoms with E-state index < -0.39 is 0 Å². The van der Waals surface area contributed by atoms with Crippen LogP contribution in [-0.2, 0) is 0 Å². The van der Waals surface area contributed by atoms with Crippen molar-refractivity contribution in [3.05, 3.63) is 194 Å². The fourth-order valence-electron chi connectivity index (χ4n) is 7.74. The number of fused-ring (bicyclic) bond motifs is 6. The molecule has 0 unspecified atom stereocenters. The van der Waals surface area contributed by atoms with Crippen molar-refractivity contribution >= 4 is 70.4 Å². The monoisotopic (exact) mass is 668 g/mol. The zero-order chi connectivity index (χ0) is 33.7. The number of hydrogen-bond acceptors (Lipinski definition) is 2. The van der Waals surface area contributed by atoms with E-state index in [1.165, 1.54) is 64.2 Å². The summed E-state index contributed by atoms with van der Waals surface area (Å²) in [5, 5.41) is 5.04. The summed E-state index contributed by atoms with van der Waals surface area (Å²) in [6.07, 6.45) is 0. The van der Waals surface area contributed by atoms with E-state index in [4.69, 9.17) is 0 Å². The molecule has 0 saturated carbocycles. The number of benzene rings is 8. The van der Waals surface area contributed by atoms with Crippen LogP contribution in [-0.4, -0.2) is 4.57 Å². The van der Waals surface area contributed by atoms with Crippen molar-refractivity contribution in [2.75, 3.05) is 4.90 Å². The van der Waals surface area contributed by atoms with Crippen LogP contribution in [0.5, 0.6) is 0 Å². The Balaban J connectivity index is 1.31. The topological polar surface area (TPSA) is 8.17 Å². The van der Waals surface area contributed by atoms with Crippen molar-refractivity contribution in [3.8, 4) is 27.9 Å². The Morgan fingerprint density at radius 1 is 0.412 bits per heavy atom. The largest absolute Gasteiger partial charge is 0.309 e. The van der Waals surface area contributed by atoms with E-state index in [0.29, 0.717) is 0 Å². The highest BCUT2D eigenvalue weighted by Crippen LogP contribution is 2.49. The summed E-state index contributed by atoms with van der Waals surface area (Å²) in [4.78, 5) is 2.47. The first-order chi connectivity index (χ1) is 25.3. The lowest BCUT2D eigenvalue weighted by Gasteiger charge is -2.29. The number of rotatable bonds is 6. The molecule has 10 aromatic rings. The second-order valence-corrected chi connectivity index (χ2v) is 14.0. The minimum atomic E-state index is 1.11. The van der Waals surface area contributed by atoms with Gasteiger partial charge in [-0.1, -0.05) is 133 Å². The van der Waals surface area contributed by atoms with Crippen molar-refractivity contribution in [1.82, 2.24) is 4.57 Å². The normalized spacial score (nSPS) is 11.5. The number of nitrogens with zero attached hydrogens (tertiary/aromatic N) is 2. The molecule has 0 spiro atoms. The maximum atomic E-state index is 2.47. The van der Waals surface area contributed by atoms with Crippen molar-refractivity contribution in [2.45, 2.75) is 0 Å². The Morgan fingerprint density at radius 2 is 1.06 bits per heavy atom. The Bertz CT molecular complexity index is 2850. The summed E-state index contributed by atoms with van der Waals surface area (Å²) in [5.74, 6) is 0. The molecule has 8 aromatic carbocycles. The molecule has 2 heterocycles. The molecule has 0 fully saturated rings. The third-order valence-electron chi connectivity index (χ3n) is 9.98. The van der Waals surface area contributed by atoms with Crippen LogP contribution in [0, 0.1) is 0 Å². The Hall–Kier alpha value is -6.42. The van der Waals surface area contributed by atoms with Crippen LogP contribution in [0.25, 0.3) is 69.9 Å². The van der Waals surface area contributed by atoms with Gasteiger partial charge in [0.05, 0.1) is 22.4 Å². The molecule has 0 aliphatic heterocycles. The van der Waals surface area contributed by atoms with Crippen LogP contribution in [0.15, 0.2) is 194 Å². The lowest BCUT2D eigenvalue weighted by molar-refractivity contribution is 1.18. The summed E-state index contributed by atoms with van der Waals surface area (Å²) in [6, 6.07) is 70.4. The molecule has 0 saturated heterocycles. The molecule has 0 radical (unpaired) electrons. The third-order valence-corrected chi connectivity index (χ3v) is 11.2. The fraction of sp³-hybridized carbons (Fsp3) is 0. The fourth-order valence-corrected chi connectivity index (χ4v) is 8.97. The van der Waals surface area contributed by atoms with Crippen LogP contribution in [0.4, 0.5) is 17.1 Å². The Kier molecular flexibility index (Phi) is 7.04. The zero-order valence-electron chi connectivity index (χ0n) is 27.8. The first-order valence-corrected chi connectivity index (χ1v) is 18.2. The summed E-state index contributed by atoms with van der Waals surface area (Å²) >= 11 is 1.88. The van der Waals surface area contributed by atoms with E-state index in [1.54, 1.807) is 0 Å². The van der Waals surface area contributed by atoms with E-state index in [9.17, 15) is 0 Å². The number of hydrogen-bond donors (Lipinski definition) is 0. The molecule has 10 rings (SSSR count). The molecule has 51 heavy (non-hydrogen) atoms. The van der Waals surface area contributed by atoms with Crippen LogP contribution in [0.2, 0.25) is 0 Å². The van der Waals surface area contributed by atoms with Gasteiger partial charge in [0.15, 0.2) is 0 Å². The minimum Gasteiger partial charge on any atom is -0.309 e. The van der Waals surface area contributed by atoms with E-state index in [0.717, 1.165) is 22.7 Å². The molecule has 0 amide bonds. The van der Waals surface area contributed by atoms with Gasteiger partial charge in [-0.2, -0.15) is 0 Å². The standard InChI is InChI=1S/C48H32N2S/c1-4-16-33(17-5-1)34-30-31-43(41(32-34)39-25-14-24-38-37-22-11-13-29-46(37)51-48(38)39)50(36-20-8-3-9-21-36)45-28-15-27-44-47(45)40-23-10-12-26-42(40)49(44)35-18-6-2-7-19-35/h1-32H. The molecule has 2 nitrogen and oxygen atoms in total. The molecule has 0 aliphatic rings. The first-order valence-electron chi connectivity index (χ1n) is 17.4. The summed E-state index contributed by atoms with van der Waals surface area (Å²) in [5.41, 5.74) is 11.7. The highest BCUT2D eigenvalue weighted by atomic mass is 32.1. The quantitative estimate of drug-likeness (QED) is 0.171. The van der Waals surface area contributed by atoms with Gasteiger partial charge in [0.1, 0.15) is 0 Å². The second kappa shape index (κ2) is 12.2. The minimum absolute atomic E-state index is 1.11. The van der Waals surface area contributed by atoms with Crippen LogP contribution >= 0.6 is 11.3 Å². The van der Waals surface area contributed by atoms with Gasteiger partial charge in [0.25, 0.3) is 0 Å². The van der Waals surface area contributed by atoms with Gasteiger partial charge >= 0.3 is 0 Å². The summed E-state index contributed by atoms with van der Waals surface area (Å²) in [6.45, 7) is 0. The van der Waals surface area contributed by atoms with E-state index in [-0.39, 0.29) is 0 Å². The van der Waals surface area contributed by atoms with Gasteiger partial charge in [0.2, 0.25) is 0 Å². The summed E-state index contributed by atoms with van der Waals surface area (Å²) in [7, 11) is 0. The highest BCUT2D eigenvalue weighted by molar-refractivity contribution is 7.26. The Morgan fingerprint density at radius 3 is 1.88 bits per heavy atom. The van der Waals surface area contributed by atoms with Gasteiger partial charge in [-0.3, -0.25) is 0 Å². The number of aromatic nitrogens is 1. The molecule has 0 atom stereocenters. The van der Waals surface area contributed by atoms with Crippen molar-refractivity contribution < 1.29 is 0 Å². The average molecular weight is 669 g/mol. The SMILES string of the molecule is c1ccc(-c2ccc(N(c3ccccc3)c3cccc4c3c3ccccc3n4-c3ccccc3)c(-c3cccc4c3sc3ccccc34)c2)cc1. The van der Waals surface area contributed by atoms with Crippen LogP contribution < -0.4 is 4.90 Å². The first kappa shape index (κ1) is 29.5. The number of thiophene rings is 1. The van der Waals surface area contributed by atoms with Gasteiger partial charge in [-0.15, -0.1) is 11.3 Å². The molecule has 2 aromatic heterocycles. The molecule has 0 N–H and O–H groups in total. The average Bonchev–Trinajstić information content (AvgIpc) is 3.76. The van der Waals surface area contributed by atoms with Crippen LogP contribution in [0.3, 0.4) is 0 Å². The lowest BCUT2D eigenvalue weighted by Crippen LogP contribution is -2.12. The van der Waals surface area contributed by atoms with Gasteiger partial charge < -0.3 is 9.47 Å². The maximum Gasteiger partial charge on any atom is 0.0562 e.